The average Bonchev–Trinajstić information content (AvgIpc) is 2.77. The minimum Gasteiger partial charge on any atom is -0.507 e. The molecule has 1 amide bonds. The number of nitrogens with zero attached hydrogens (tertiary/aromatic N) is 2. The number of phenolic OH excluding ortho intramolecular Hbond substituents is 1. The van der Waals surface area contributed by atoms with Crippen molar-refractivity contribution in [3.05, 3.63) is 44.9 Å². The van der Waals surface area contributed by atoms with E-state index in [0.717, 1.165) is 10.6 Å². The van der Waals surface area contributed by atoms with E-state index in [2.05, 4.69) is 4.98 Å². The lowest BCUT2D eigenvalue weighted by Crippen LogP contribution is -2.26. The van der Waals surface area contributed by atoms with Crippen LogP contribution in [0.1, 0.15) is 20.9 Å². The van der Waals surface area contributed by atoms with E-state index < -0.39 is 0 Å². The standard InChI is InChI=1S/C13H13ClN2O2S/c1-8-12(19-7-15-8)6-16(2)13(18)10-5-9(14)3-4-11(10)17/h3-5,7,17H,6H2,1-2H3. The van der Waals surface area contributed by atoms with Crippen LogP contribution in [0.4, 0.5) is 0 Å². The van der Waals surface area contributed by atoms with Crippen LogP contribution in [0.3, 0.4) is 0 Å². The molecule has 1 N–H and O–H groups in total. The third-order valence-electron chi connectivity index (χ3n) is 2.76. The number of carbonyl (C=O) groups is 1. The van der Waals surface area contributed by atoms with Crippen LogP contribution in [0, 0.1) is 6.92 Å². The van der Waals surface area contributed by atoms with Crippen LogP contribution in [0.25, 0.3) is 0 Å². The molecule has 0 radical (unpaired) electrons. The highest BCUT2D eigenvalue weighted by Crippen LogP contribution is 2.24. The van der Waals surface area contributed by atoms with Gasteiger partial charge in [-0.25, -0.2) is 4.98 Å². The summed E-state index contributed by atoms with van der Waals surface area (Å²) in [6.45, 7) is 2.36. The van der Waals surface area contributed by atoms with Gasteiger partial charge in [-0.3, -0.25) is 4.79 Å². The van der Waals surface area contributed by atoms with Crippen LogP contribution in [-0.4, -0.2) is 27.9 Å². The molecule has 0 atom stereocenters. The molecular formula is C13H13ClN2O2S. The van der Waals surface area contributed by atoms with Crippen LogP contribution < -0.4 is 0 Å². The lowest BCUT2D eigenvalue weighted by molar-refractivity contribution is 0.0783. The zero-order valence-electron chi connectivity index (χ0n) is 10.6. The van der Waals surface area contributed by atoms with Crippen LogP contribution in [0.15, 0.2) is 23.7 Å². The number of thiazole rings is 1. The number of aromatic hydroxyl groups is 1. The van der Waals surface area contributed by atoms with E-state index in [0.29, 0.717) is 11.6 Å². The fourth-order valence-corrected chi connectivity index (χ4v) is 2.65. The molecule has 0 bridgehead atoms. The number of aromatic nitrogens is 1. The fourth-order valence-electron chi connectivity index (χ4n) is 1.65. The number of aryl methyl sites for hydroxylation is 1. The van der Waals surface area contributed by atoms with Crippen molar-refractivity contribution in [2.24, 2.45) is 0 Å². The molecular weight excluding hydrogens is 284 g/mol. The number of hydrogen-bond donors (Lipinski definition) is 1. The second-order valence-corrected chi connectivity index (χ2v) is 5.56. The van der Waals surface area contributed by atoms with Crippen molar-refractivity contribution in [2.75, 3.05) is 7.05 Å². The molecule has 2 aromatic rings. The minimum absolute atomic E-state index is 0.0673. The molecule has 2 rings (SSSR count). The van der Waals surface area contributed by atoms with Gasteiger partial charge in [0, 0.05) is 16.9 Å². The Kier molecular flexibility index (Phi) is 4.07. The number of hydrogen-bond acceptors (Lipinski definition) is 4. The number of benzene rings is 1. The maximum atomic E-state index is 12.2. The van der Waals surface area contributed by atoms with Gasteiger partial charge < -0.3 is 10.0 Å². The predicted molar refractivity (Wildman–Crippen MR) is 75.8 cm³/mol. The third-order valence-corrected chi connectivity index (χ3v) is 3.92. The van der Waals surface area contributed by atoms with E-state index in [1.807, 2.05) is 6.92 Å². The molecule has 1 heterocycles. The Labute approximate surface area is 120 Å². The van der Waals surface area contributed by atoms with Crippen LogP contribution >= 0.6 is 22.9 Å². The van der Waals surface area contributed by atoms with Crippen LogP contribution in [0.5, 0.6) is 5.75 Å². The summed E-state index contributed by atoms with van der Waals surface area (Å²) in [6, 6.07) is 4.43. The van der Waals surface area contributed by atoms with Crippen molar-refractivity contribution in [3.63, 3.8) is 0 Å². The molecule has 100 valence electrons. The second-order valence-electron chi connectivity index (χ2n) is 4.18. The Morgan fingerprint density at radius 1 is 1.53 bits per heavy atom. The molecule has 0 fully saturated rings. The van der Waals surface area contributed by atoms with E-state index in [1.165, 1.54) is 28.4 Å². The molecule has 6 heteroatoms. The van der Waals surface area contributed by atoms with E-state index in [4.69, 9.17) is 11.6 Å². The SMILES string of the molecule is Cc1ncsc1CN(C)C(=O)c1cc(Cl)ccc1O. The van der Waals surface area contributed by atoms with Gasteiger partial charge in [0.15, 0.2) is 0 Å². The van der Waals surface area contributed by atoms with E-state index in [-0.39, 0.29) is 17.2 Å². The molecule has 0 unspecified atom stereocenters. The summed E-state index contributed by atoms with van der Waals surface area (Å²) in [5.74, 6) is -0.338. The first-order valence-corrected chi connectivity index (χ1v) is 6.87. The average molecular weight is 297 g/mol. The molecule has 0 saturated carbocycles. The molecule has 0 spiro atoms. The Balaban J connectivity index is 2.19. The van der Waals surface area contributed by atoms with E-state index in [1.54, 1.807) is 18.6 Å². The van der Waals surface area contributed by atoms with Crippen molar-refractivity contribution in [3.8, 4) is 5.75 Å². The number of amides is 1. The highest BCUT2D eigenvalue weighted by Gasteiger charge is 2.17. The summed E-state index contributed by atoms with van der Waals surface area (Å²) < 4.78 is 0. The summed E-state index contributed by atoms with van der Waals surface area (Å²) >= 11 is 7.35. The molecule has 0 aliphatic rings. The first-order valence-electron chi connectivity index (χ1n) is 5.62. The van der Waals surface area contributed by atoms with Crippen molar-refractivity contribution in [1.29, 1.82) is 0 Å². The maximum absolute atomic E-state index is 12.2. The second kappa shape index (κ2) is 5.59. The summed E-state index contributed by atoms with van der Waals surface area (Å²) in [7, 11) is 1.68. The van der Waals surface area contributed by atoms with Gasteiger partial charge in [0.25, 0.3) is 5.91 Å². The third kappa shape index (κ3) is 3.05. The summed E-state index contributed by atoms with van der Waals surface area (Å²) in [5.41, 5.74) is 2.87. The van der Waals surface area contributed by atoms with E-state index in [9.17, 15) is 9.90 Å². The predicted octanol–water partition coefficient (Wildman–Crippen LogP) is 3.08. The zero-order chi connectivity index (χ0) is 14.0. The number of phenols is 1. The summed E-state index contributed by atoms with van der Waals surface area (Å²) in [5, 5.41) is 10.1. The first-order chi connectivity index (χ1) is 8.99. The van der Waals surface area contributed by atoms with Gasteiger partial charge in [0.1, 0.15) is 5.75 Å². The van der Waals surface area contributed by atoms with Gasteiger partial charge in [-0.15, -0.1) is 11.3 Å². The van der Waals surface area contributed by atoms with Crippen molar-refractivity contribution >= 4 is 28.8 Å². The van der Waals surface area contributed by atoms with Crippen LogP contribution in [-0.2, 0) is 6.54 Å². The molecule has 4 nitrogen and oxygen atoms in total. The van der Waals surface area contributed by atoms with Gasteiger partial charge in [0.05, 0.1) is 23.3 Å². The molecule has 19 heavy (non-hydrogen) atoms. The Morgan fingerprint density at radius 3 is 2.89 bits per heavy atom. The molecule has 0 saturated heterocycles. The fraction of sp³-hybridized carbons (Fsp3) is 0.231. The summed E-state index contributed by atoms with van der Waals surface area (Å²) in [4.78, 5) is 18.9. The van der Waals surface area contributed by atoms with Crippen LogP contribution in [0.2, 0.25) is 5.02 Å². The van der Waals surface area contributed by atoms with Gasteiger partial charge in [0.2, 0.25) is 0 Å². The molecule has 0 aliphatic heterocycles. The zero-order valence-corrected chi connectivity index (χ0v) is 12.1. The molecule has 1 aromatic heterocycles. The largest absolute Gasteiger partial charge is 0.507 e. The number of halogens is 1. The maximum Gasteiger partial charge on any atom is 0.257 e. The highest BCUT2D eigenvalue weighted by molar-refractivity contribution is 7.09. The van der Waals surface area contributed by atoms with Crippen molar-refractivity contribution in [2.45, 2.75) is 13.5 Å². The smallest absolute Gasteiger partial charge is 0.257 e. The Bertz CT molecular complexity index is 612. The molecule has 0 aliphatic carbocycles. The highest BCUT2D eigenvalue weighted by atomic mass is 35.5. The van der Waals surface area contributed by atoms with Crippen molar-refractivity contribution in [1.82, 2.24) is 9.88 Å². The van der Waals surface area contributed by atoms with E-state index >= 15 is 0 Å². The molecule has 1 aromatic carbocycles. The lowest BCUT2D eigenvalue weighted by atomic mass is 10.1. The van der Waals surface area contributed by atoms with Crippen molar-refractivity contribution < 1.29 is 9.90 Å². The normalized spacial score (nSPS) is 10.5. The Hall–Kier alpha value is -1.59. The first kappa shape index (κ1) is 13.8. The number of carbonyl (C=O) groups excluding carboxylic acids is 1. The van der Waals surface area contributed by atoms with Gasteiger partial charge in [-0.2, -0.15) is 0 Å². The monoisotopic (exact) mass is 296 g/mol. The van der Waals surface area contributed by atoms with Gasteiger partial charge >= 0.3 is 0 Å². The Morgan fingerprint density at radius 2 is 2.26 bits per heavy atom. The lowest BCUT2D eigenvalue weighted by Gasteiger charge is -2.17. The topological polar surface area (TPSA) is 53.4 Å². The minimum atomic E-state index is -0.271. The number of rotatable bonds is 3. The quantitative estimate of drug-likeness (QED) is 0.947. The summed E-state index contributed by atoms with van der Waals surface area (Å²) in [6.07, 6.45) is 0. The van der Waals surface area contributed by atoms with Gasteiger partial charge in [-0.05, 0) is 25.1 Å². The van der Waals surface area contributed by atoms with Gasteiger partial charge in [-0.1, -0.05) is 11.6 Å².